The van der Waals surface area contributed by atoms with Gasteiger partial charge >= 0.3 is 0 Å². The van der Waals surface area contributed by atoms with Crippen LogP contribution in [-0.2, 0) is 6.42 Å². The van der Waals surface area contributed by atoms with Gasteiger partial charge in [-0.3, -0.25) is 0 Å². The molecule has 0 amide bonds. The fraction of sp³-hybridized carbons (Fsp3) is 0.500. The minimum Gasteiger partial charge on any atom is -0.505 e. The first-order valence-corrected chi connectivity index (χ1v) is 5.22. The van der Waals surface area contributed by atoms with Gasteiger partial charge in [-0.2, -0.15) is 0 Å². The zero-order valence-electron chi connectivity index (χ0n) is 9.33. The third-order valence-corrected chi connectivity index (χ3v) is 2.36. The monoisotopic (exact) mass is 211 g/mol. The molecule has 0 aliphatic rings. The highest BCUT2D eigenvalue weighted by Crippen LogP contribution is 2.19. The summed E-state index contributed by atoms with van der Waals surface area (Å²) in [6.07, 6.45) is 2.68. The predicted octanol–water partition coefficient (Wildman–Crippen LogP) is 2.42. The minimum absolute atomic E-state index is 0.250. The van der Waals surface area contributed by atoms with Gasteiger partial charge in [-0.25, -0.2) is 4.39 Å². The van der Waals surface area contributed by atoms with Crippen molar-refractivity contribution in [1.29, 1.82) is 0 Å². The summed E-state index contributed by atoms with van der Waals surface area (Å²) in [5.41, 5.74) is 0.605. The van der Waals surface area contributed by atoms with Gasteiger partial charge in [-0.05, 0) is 51.5 Å². The second kappa shape index (κ2) is 5.71. The van der Waals surface area contributed by atoms with E-state index < -0.39 is 5.82 Å². The van der Waals surface area contributed by atoms with Gasteiger partial charge < -0.3 is 10.0 Å². The highest BCUT2D eigenvalue weighted by Gasteiger charge is 2.05. The van der Waals surface area contributed by atoms with Gasteiger partial charge in [0.2, 0.25) is 0 Å². The summed E-state index contributed by atoms with van der Waals surface area (Å²) in [6, 6.07) is 4.78. The quantitative estimate of drug-likeness (QED) is 0.756. The molecule has 0 radical (unpaired) electrons. The Bertz CT molecular complexity index is 312. The fourth-order valence-electron chi connectivity index (χ4n) is 1.50. The molecule has 0 spiro atoms. The molecule has 1 aromatic carbocycles. The van der Waals surface area contributed by atoms with E-state index in [0.717, 1.165) is 19.4 Å². The van der Waals surface area contributed by atoms with Crippen molar-refractivity contribution in [3.8, 4) is 5.75 Å². The minimum atomic E-state index is -0.470. The Morgan fingerprint density at radius 3 is 2.67 bits per heavy atom. The summed E-state index contributed by atoms with van der Waals surface area (Å²) >= 11 is 0. The molecule has 1 rings (SSSR count). The molecule has 2 nitrogen and oxygen atoms in total. The molecule has 0 atom stereocenters. The molecular weight excluding hydrogens is 193 g/mol. The third kappa shape index (κ3) is 3.88. The van der Waals surface area contributed by atoms with Crippen molar-refractivity contribution in [1.82, 2.24) is 4.90 Å². The van der Waals surface area contributed by atoms with Gasteiger partial charge in [0.15, 0.2) is 11.6 Å². The van der Waals surface area contributed by atoms with Gasteiger partial charge in [-0.1, -0.05) is 12.1 Å². The number of unbranched alkanes of at least 4 members (excludes halogenated alkanes) is 1. The number of halogens is 1. The van der Waals surface area contributed by atoms with Crippen LogP contribution in [0.2, 0.25) is 0 Å². The number of benzene rings is 1. The van der Waals surface area contributed by atoms with Crippen molar-refractivity contribution in [2.24, 2.45) is 0 Å². The van der Waals surface area contributed by atoms with Crippen molar-refractivity contribution >= 4 is 0 Å². The summed E-state index contributed by atoms with van der Waals surface area (Å²) in [7, 11) is 4.05. The van der Waals surface area contributed by atoms with Gasteiger partial charge in [0, 0.05) is 0 Å². The lowest BCUT2D eigenvalue weighted by Crippen LogP contribution is -2.12. The molecule has 0 bridgehead atoms. The first-order valence-electron chi connectivity index (χ1n) is 5.22. The zero-order chi connectivity index (χ0) is 11.3. The van der Waals surface area contributed by atoms with Crippen LogP contribution in [0.15, 0.2) is 18.2 Å². The predicted molar refractivity (Wildman–Crippen MR) is 59.6 cm³/mol. The van der Waals surface area contributed by atoms with Crippen LogP contribution in [-0.4, -0.2) is 30.6 Å². The zero-order valence-corrected chi connectivity index (χ0v) is 9.33. The van der Waals surface area contributed by atoms with E-state index in [-0.39, 0.29) is 5.75 Å². The highest BCUT2D eigenvalue weighted by atomic mass is 19.1. The Morgan fingerprint density at radius 1 is 1.27 bits per heavy atom. The first kappa shape index (κ1) is 12.0. The van der Waals surface area contributed by atoms with E-state index >= 15 is 0 Å². The molecule has 1 N–H and O–H groups in total. The second-order valence-corrected chi connectivity index (χ2v) is 4.01. The van der Waals surface area contributed by atoms with E-state index in [2.05, 4.69) is 4.90 Å². The van der Waals surface area contributed by atoms with Crippen LogP contribution in [0.1, 0.15) is 18.4 Å². The smallest absolute Gasteiger partial charge is 0.167 e. The Labute approximate surface area is 90.3 Å². The number of hydrogen-bond donors (Lipinski definition) is 1. The average molecular weight is 211 g/mol. The number of nitrogens with zero attached hydrogens (tertiary/aromatic N) is 1. The molecule has 84 valence electrons. The summed E-state index contributed by atoms with van der Waals surface area (Å²) in [5.74, 6) is -0.720. The first-order chi connectivity index (χ1) is 7.11. The summed E-state index contributed by atoms with van der Waals surface area (Å²) in [5, 5.41) is 9.16. The molecule has 0 heterocycles. The lowest BCUT2D eigenvalue weighted by Gasteiger charge is -2.09. The second-order valence-electron chi connectivity index (χ2n) is 4.01. The maximum atomic E-state index is 13.3. The number of aromatic hydroxyl groups is 1. The lowest BCUT2D eigenvalue weighted by molar-refractivity contribution is 0.392. The van der Waals surface area contributed by atoms with Crippen LogP contribution in [0.25, 0.3) is 0 Å². The van der Waals surface area contributed by atoms with Crippen LogP contribution in [0.3, 0.4) is 0 Å². The third-order valence-electron chi connectivity index (χ3n) is 2.36. The summed E-state index contributed by atoms with van der Waals surface area (Å²) < 4.78 is 13.3. The molecule has 0 aromatic heterocycles. The molecule has 0 aliphatic heterocycles. The van der Waals surface area contributed by atoms with Gasteiger partial charge in [0.05, 0.1) is 0 Å². The van der Waals surface area contributed by atoms with Crippen LogP contribution in [0, 0.1) is 5.82 Å². The van der Waals surface area contributed by atoms with E-state index in [9.17, 15) is 4.39 Å². The van der Waals surface area contributed by atoms with Crippen LogP contribution in [0.4, 0.5) is 4.39 Å². The van der Waals surface area contributed by atoms with Crippen LogP contribution >= 0.6 is 0 Å². The maximum absolute atomic E-state index is 13.3. The topological polar surface area (TPSA) is 23.5 Å². The van der Waals surface area contributed by atoms with Crippen molar-refractivity contribution in [3.63, 3.8) is 0 Å². The Hall–Kier alpha value is -1.09. The van der Waals surface area contributed by atoms with E-state index in [1.165, 1.54) is 6.07 Å². The standard InChI is InChI=1S/C12H18FNO/c1-14(2)9-4-3-6-10-7-5-8-11(15)12(10)13/h5,7-8,15H,3-4,6,9H2,1-2H3. The molecule has 0 saturated heterocycles. The highest BCUT2D eigenvalue weighted by molar-refractivity contribution is 5.29. The largest absolute Gasteiger partial charge is 0.505 e. The molecule has 0 fully saturated rings. The average Bonchev–Trinajstić information content (AvgIpc) is 2.18. The normalized spacial score (nSPS) is 10.9. The number of phenols is 1. The van der Waals surface area contributed by atoms with E-state index in [4.69, 9.17) is 5.11 Å². The Balaban J connectivity index is 2.41. The molecular formula is C12H18FNO. The van der Waals surface area contributed by atoms with E-state index in [0.29, 0.717) is 12.0 Å². The number of hydrogen-bond acceptors (Lipinski definition) is 2. The van der Waals surface area contributed by atoms with Gasteiger partial charge in [-0.15, -0.1) is 0 Å². The summed E-state index contributed by atoms with van der Waals surface area (Å²) in [6.45, 7) is 1.01. The summed E-state index contributed by atoms with van der Waals surface area (Å²) in [4.78, 5) is 2.11. The SMILES string of the molecule is CN(C)CCCCc1cccc(O)c1F. The van der Waals surface area contributed by atoms with Crippen molar-refractivity contribution in [3.05, 3.63) is 29.6 Å². The molecule has 0 saturated carbocycles. The molecule has 0 aliphatic carbocycles. The number of rotatable bonds is 5. The van der Waals surface area contributed by atoms with E-state index in [1.807, 2.05) is 14.1 Å². The molecule has 3 heteroatoms. The fourth-order valence-corrected chi connectivity index (χ4v) is 1.50. The van der Waals surface area contributed by atoms with Crippen molar-refractivity contribution in [2.75, 3.05) is 20.6 Å². The molecule has 1 aromatic rings. The lowest BCUT2D eigenvalue weighted by atomic mass is 10.1. The number of aryl methyl sites for hydroxylation is 1. The van der Waals surface area contributed by atoms with Crippen molar-refractivity contribution in [2.45, 2.75) is 19.3 Å². The van der Waals surface area contributed by atoms with Crippen LogP contribution in [0.5, 0.6) is 5.75 Å². The van der Waals surface area contributed by atoms with Crippen molar-refractivity contribution < 1.29 is 9.50 Å². The van der Waals surface area contributed by atoms with Gasteiger partial charge in [0.1, 0.15) is 0 Å². The Kier molecular flexibility index (Phi) is 4.56. The number of phenolic OH excluding ortho intramolecular Hbond substituents is 1. The van der Waals surface area contributed by atoms with Crippen LogP contribution < -0.4 is 0 Å². The molecule has 15 heavy (non-hydrogen) atoms. The maximum Gasteiger partial charge on any atom is 0.167 e. The molecule has 0 unspecified atom stereocenters. The Morgan fingerprint density at radius 2 is 2.00 bits per heavy atom. The van der Waals surface area contributed by atoms with Gasteiger partial charge in [0.25, 0.3) is 0 Å². The van der Waals surface area contributed by atoms with E-state index in [1.54, 1.807) is 12.1 Å².